The van der Waals surface area contributed by atoms with Gasteiger partial charge in [0.2, 0.25) is 5.91 Å². The first-order chi connectivity index (χ1) is 18.9. The number of nitrogens with one attached hydrogen (secondary N) is 3. The van der Waals surface area contributed by atoms with E-state index in [9.17, 15) is 24.0 Å². The van der Waals surface area contributed by atoms with Crippen LogP contribution >= 0.6 is 11.3 Å². The van der Waals surface area contributed by atoms with Crippen LogP contribution in [0, 0.1) is 5.41 Å². The van der Waals surface area contributed by atoms with Crippen molar-refractivity contribution >= 4 is 51.9 Å². The van der Waals surface area contributed by atoms with Crippen LogP contribution in [-0.4, -0.2) is 57.5 Å². The van der Waals surface area contributed by atoms with Crippen LogP contribution in [0.5, 0.6) is 0 Å². The molecule has 3 heterocycles. The third kappa shape index (κ3) is 8.01. The van der Waals surface area contributed by atoms with E-state index in [1.54, 1.807) is 52.1 Å². The number of fused-ring (bicyclic) bond motifs is 1. The number of anilines is 1. The summed E-state index contributed by atoms with van der Waals surface area (Å²) in [6, 6.07) is 2.28. The summed E-state index contributed by atoms with van der Waals surface area (Å²) in [7, 11) is 0. The van der Waals surface area contributed by atoms with Crippen LogP contribution in [0.1, 0.15) is 62.7 Å². The fraction of sp³-hybridized carbons (Fsp3) is 0.481. The molecule has 0 bridgehead atoms. The van der Waals surface area contributed by atoms with Gasteiger partial charge in [-0.2, -0.15) is 0 Å². The van der Waals surface area contributed by atoms with Crippen LogP contribution in [-0.2, 0) is 36.8 Å². The van der Waals surface area contributed by atoms with E-state index in [1.165, 1.54) is 22.2 Å². The van der Waals surface area contributed by atoms with E-state index in [1.807, 2.05) is 0 Å². The lowest BCUT2D eigenvalue weighted by Gasteiger charge is -2.16. The monoisotopic (exact) mass is 573 g/mol. The van der Waals surface area contributed by atoms with E-state index < -0.39 is 29.3 Å². The summed E-state index contributed by atoms with van der Waals surface area (Å²) >= 11 is 1.21. The van der Waals surface area contributed by atoms with Gasteiger partial charge in [0, 0.05) is 18.4 Å². The topological polar surface area (TPSA) is 161 Å². The van der Waals surface area contributed by atoms with Crippen LogP contribution in [0.4, 0.5) is 5.82 Å². The number of ether oxygens (including phenoxy) is 2. The Balaban J connectivity index is 1.64. The second kappa shape index (κ2) is 13.4. The van der Waals surface area contributed by atoms with E-state index in [2.05, 4.69) is 20.6 Å². The van der Waals surface area contributed by atoms with Crippen molar-refractivity contribution < 1.29 is 28.7 Å². The number of aryl methyl sites for hydroxylation is 2. The maximum Gasteiger partial charge on any atom is 0.328 e. The van der Waals surface area contributed by atoms with E-state index in [4.69, 9.17) is 9.47 Å². The Morgan fingerprint density at radius 3 is 2.52 bits per heavy atom. The molecule has 40 heavy (non-hydrogen) atoms. The summed E-state index contributed by atoms with van der Waals surface area (Å²) in [5, 5.41) is 7.57. The zero-order valence-corrected chi connectivity index (χ0v) is 24.1. The fourth-order valence-electron chi connectivity index (χ4n) is 3.67. The Morgan fingerprint density at radius 1 is 1.12 bits per heavy atom. The molecule has 0 saturated heterocycles. The number of carbonyl (C=O) groups is 4. The number of rotatable bonds is 12. The number of aromatic amines is 1. The van der Waals surface area contributed by atoms with Gasteiger partial charge in [-0.1, -0.05) is 20.8 Å². The average molecular weight is 574 g/mol. The summed E-state index contributed by atoms with van der Waals surface area (Å²) in [4.78, 5) is 69.8. The molecule has 3 N–H and O–H groups in total. The van der Waals surface area contributed by atoms with Crippen molar-refractivity contribution in [2.24, 2.45) is 5.41 Å². The minimum Gasteiger partial charge on any atom is -0.466 e. The van der Waals surface area contributed by atoms with Crippen molar-refractivity contribution in [1.29, 1.82) is 0 Å². The molecule has 3 aromatic heterocycles. The molecule has 0 saturated carbocycles. The lowest BCUT2D eigenvalue weighted by molar-refractivity contribution is -0.146. The lowest BCUT2D eigenvalue weighted by Crippen LogP contribution is -2.42. The van der Waals surface area contributed by atoms with E-state index in [-0.39, 0.29) is 37.5 Å². The van der Waals surface area contributed by atoms with E-state index in [0.717, 1.165) is 5.56 Å². The second-order valence-corrected chi connectivity index (χ2v) is 11.0. The first-order valence-corrected chi connectivity index (χ1v) is 13.9. The highest BCUT2D eigenvalue weighted by molar-refractivity contribution is 7.12. The predicted octanol–water partition coefficient (Wildman–Crippen LogP) is 3.02. The highest BCUT2D eigenvalue weighted by atomic mass is 32.1. The maximum absolute atomic E-state index is 13.0. The number of hydrogen-bond acceptors (Lipinski definition) is 9. The van der Waals surface area contributed by atoms with Crippen LogP contribution < -0.4 is 16.2 Å². The quantitative estimate of drug-likeness (QED) is 0.279. The molecule has 0 spiro atoms. The summed E-state index contributed by atoms with van der Waals surface area (Å²) < 4.78 is 11.4. The highest BCUT2D eigenvalue weighted by Gasteiger charge is 2.25. The highest BCUT2D eigenvalue weighted by Crippen LogP contribution is 2.20. The normalized spacial score (nSPS) is 12.1. The number of esters is 2. The van der Waals surface area contributed by atoms with Crippen molar-refractivity contribution in [3.63, 3.8) is 0 Å². The van der Waals surface area contributed by atoms with Gasteiger partial charge in [0.1, 0.15) is 17.5 Å². The Bertz CT molecular complexity index is 1430. The number of nitrogens with zero attached hydrogens (tertiary/aromatic N) is 2. The van der Waals surface area contributed by atoms with Gasteiger partial charge in [-0.25, -0.2) is 9.78 Å². The molecule has 0 unspecified atom stereocenters. The van der Waals surface area contributed by atoms with Gasteiger partial charge in [-0.15, -0.1) is 11.3 Å². The molecule has 13 heteroatoms. The van der Waals surface area contributed by atoms with Gasteiger partial charge in [-0.05, 0) is 49.8 Å². The average Bonchev–Trinajstić information content (AvgIpc) is 3.53. The zero-order valence-electron chi connectivity index (χ0n) is 23.3. The largest absolute Gasteiger partial charge is 0.466 e. The number of aromatic nitrogens is 3. The first-order valence-electron chi connectivity index (χ1n) is 13.0. The van der Waals surface area contributed by atoms with Crippen molar-refractivity contribution in [1.82, 2.24) is 19.9 Å². The van der Waals surface area contributed by atoms with Crippen molar-refractivity contribution in [2.75, 3.05) is 18.5 Å². The van der Waals surface area contributed by atoms with Crippen molar-refractivity contribution in [3.05, 3.63) is 44.6 Å². The standard InChI is InChI=1S/C27H35N5O7S/c1-6-38-21(33)9-8-18(25(36)39-7-2)29-23(34)19-12-16(14-40-19)10-11-32-15-28-22-17(24(32)35)13-20(30-22)31-26(37)27(3,4)5/h12-15,18,30H,6-11H2,1-5H3,(H,29,34)(H,31,37)/t18-/m0/s1. The third-order valence-electron chi connectivity index (χ3n) is 5.88. The van der Waals surface area contributed by atoms with Gasteiger partial charge < -0.3 is 25.1 Å². The molecule has 216 valence electrons. The molecular weight excluding hydrogens is 538 g/mol. The van der Waals surface area contributed by atoms with E-state index in [0.29, 0.717) is 34.7 Å². The van der Waals surface area contributed by atoms with Gasteiger partial charge in [-0.3, -0.25) is 23.7 Å². The molecule has 0 aliphatic heterocycles. The molecule has 0 aromatic carbocycles. The minimum absolute atomic E-state index is 0.0357. The first kappa shape index (κ1) is 30.5. The summed E-state index contributed by atoms with van der Waals surface area (Å²) in [6.45, 7) is 9.41. The molecule has 0 radical (unpaired) electrons. The van der Waals surface area contributed by atoms with Gasteiger partial charge in [0.15, 0.2) is 0 Å². The van der Waals surface area contributed by atoms with Crippen molar-refractivity contribution in [2.45, 2.75) is 66.5 Å². The fourth-order valence-corrected chi connectivity index (χ4v) is 4.52. The minimum atomic E-state index is -0.988. The SMILES string of the molecule is CCOC(=O)CC[C@H](NC(=O)c1cc(CCn2cnc3[nH]c(NC(=O)C(C)(C)C)cc3c2=O)cs1)C(=O)OCC. The smallest absolute Gasteiger partial charge is 0.328 e. The van der Waals surface area contributed by atoms with Gasteiger partial charge >= 0.3 is 11.9 Å². The van der Waals surface area contributed by atoms with Gasteiger partial charge in [0.05, 0.1) is 29.8 Å². The zero-order chi connectivity index (χ0) is 29.4. The van der Waals surface area contributed by atoms with Crippen LogP contribution in [0.2, 0.25) is 0 Å². The number of H-pyrrole nitrogens is 1. The predicted molar refractivity (Wildman–Crippen MR) is 150 cm³/mol. The van der Waals surface area contributed by atoms with Crippen LogP contribution in [0.15, 0.2) is 28.6 Å². The molecule has 3 rings (SSSR count). The second-order valence-electron chi connectivity index (χ2n) is 10.1. The third-order valence-corrected chi connectivity index (χ3v) is 6.86. The van der Waals surface area contributed by atoms with Crippen LogP contribution in [0.25, 0.3) is 11.0 Å². The number of carbonyl (C=O) groups excluding carboxylic acids is 4. The summed E-state index contributed by atoms with van der Waals surface area (Å²) in [5.74, 6) is -1.34. The summed E-state index contributed by atoms with van der Waals surface area (Å²) in [6.07, 6.45) is 1.91. The Hall–Kier alpha value is -4.00. The molecule has 0 aliphatic rings. The molecule has 1 atom stereocenters. The molecule has 0 fully saturated rings. The number of hydrogen-bond donors (Lipinski definition) is 3. The molecule has 3 aromatic rings. The maximum atomic E-state index is 13.0. The Morgan fingerprint density at radius 2 is 1.85 bits per heavy atom. The number of thiophene rings is 1. The van der Waals surface area contributed by atoms with E-state index >= 15 is 0 Å². The summed E-state index contributed by atoms with van der Waals surface area (Å²) in [5.41, 5.74) is 0.348. The number of amides is 2. The molecule has 2 amide bonds. The van der Waals surface area contributed by atoms with Crippen LogP contribution in [0.3, 0.4) is 0 Å². The Labute approximate surface area is 235 Å². The molecular formula is C27H35N5O7S. The van der Waals surface area contributed by atoms with Crippen molar-refractivity contribution in [3.8, 4) is 0 Å². The Kier molecular flexibility index (Phi) is 10.2. The molecule has 0 aliphatic carbocycles. The lowest BCUT2D eigenvalue weighted by atomic mass is 9.96. The molecule has 12 nitrogen and oxygen atoms in total. The van der Waals surface area contributed by atoms with Gasteiger partial charge in [0.25, 0.3) is 11.5 Å².